The van der Waals surface area contributed by atoms with E-state index in [1.165, 1.54) is 5.56 Å². The van der Waals surface area contributed by atoms with Gasteiger partial charge in [0.25, 0.3) is 0 Å². The van der Waals surface area contributed by atoms with Crippen LogP contribution in [0.15, 0.2) is 21.2 Å². The van der Waals surface area contributed by atoms with Gasteiger partial charge in [0.2, 0.25) is 0 Å². The fourth-order valence-electron chi connectivity index (χ4n) is 2.13. The van der Waals surface area contributed by atoms with E-state index in [-0.39, 0.29) is 0 Å². The van der Waals surface area contributed by atoms with E-state index in [9.17, 15) is 0 Å². The summed E-state index contributed by atoms with van der Waals surface area (Å²) in [4.78, 5) is 13.8. The Morgan fingerprint density at radius 2 is 2.14 bits per heavy atom. The average molecular weight is 430 g/mol. The van der Waals surface area contributed by atoms with Crippen LogP contribution in [0.25, 0.3) is 11.5 Å². The molecule has 2 aromatic heterocycles. The molecule has 0 unspecified atom stereocenters. The molecule has 1 aliphatic rings. The summed E-state index contributed by atoms with van der Waals surface area (Å²) >= 11 is 8.84. The molecule has 3 heterocycles. The van der Waals surface area contributed by atoms with Crippen molar-refractivity contribution >= 4 is 49.4 Å². The summed E-state index contributed by atoms with van der Waals surface area (Å²) in [5.74, 6) is 3.56. The number of rotatable bonds is 4. The van der Waals surface area contributed by atoms with E-state index < -0.39 is 0 Å². The highest BCUT2D eigenvalue weighted by molar-refractivity contribution is 9.11. The molecule has 0 bridgehead atoms. The van der Waals surface area contributed by atoms with Crippen molar-refractivity contribution in [1.82, 2.24) is 15.0 Å². The molecule has 0 spiro atoms. The van der Waals surface area contributed by atoms with E-state index in [0.29, 0.717) is 5.82 Å². The Labute approximate surface area is 144 Å². The number of pyridine rings is 1. The third kappa shape index (κ3) is 3.24. The summed E-state index contributed by atoms with van der Waals surface area (Å²) in [6.45, 7) is 3.07. The van der Waals surface area contributed by atoms with E-state index in [2.05, 4.69) is 49.1 Å². The van der Waals surface area contributed by atoms with Crippen molar-refractivity contribution in [3.8, 4) is 11.5 Å². The second-order valence-corrected chi connectivity index (χ2v) is 7.48. The van der Waals surface area contributed by atoms with Crippen molar-refractivity contribution in [3.05, 3.63) is 32.5 Å². The average Bonchev–Trinajstić information content (AvgIpc) is 2.93. The molecule has 0 amide bonds. The van der Waals surface area contributed by atoms with Gasteiger partial charge in [0.1, 0.15) is 11.5 Å². The molecule has 1 N–H and O–H groups in total. The van der Waals surface area contributed by atoms with Crippen molar-refractivity contribution in [2.24, 2.45) is 0 Å². The second-order valence-electron chi connectivity index (χ2n) is 4.72. The van der Waals surface area contributed by atoms with Gasteiger partial charge in [-0.1, -0.05) is 6.92 Å². The van der Waals surface area contributed by atoms with Crippen molar-refractivity contribution in [2.75, 3.05) is 11.9 Å². The molecule has 0 saturated carbocycles. The molecule has 3 rings (SSSR count). The lowest BCUT2D eigenvalue weighted by Gasteiger charge is -2.11. The number of thioether (sulfide) groups is 1. The lowest BCUT2D eigenvalue weighted by atomic mass is 10.2. The van der Waals surface area contributed by atoms with Crippen LogP contribution in [0.2, 0.25) is 0 Å². The first kappa shape index (κ1) is 15.2. The summed E-state index contributed by atoms with van der Waals surface area (Å²) < 4.78 is 1.82. The first-order valence-electron chi connectivity index (χ1n) is 6.72. The molecule has 0 saturated heterocycles. The molecular formula is C14H14Br2N4S. The molecule has 2 aromatic rings. The second kappa shape index (κ2) is 6.62. The van der Waals surface area contributed by atoms with Gasteiger partial charge in [-0.05, 0) is 44.3 Å². The van der Waals surface area contributed by atoms with Crippen LogP contribution >= 0.6 is 43.6 Å². The fourth-order valence-corrected chi connectivity index (χ4v) is 4.33. The maximum Gasteiger partial charge on any atom is 0.181 e. The Morgan fingerprint density at radius 3 is 2.90 bits per heavy atom. The lowest BCUT2D eigenvalue weighted by Crippen LogP contribution is -2.08. The maximum absolute atomic E-state index is 4.70. The third-order valence-electron chi connectivity index (χ3n) is 3.14. The van der Waals surface area contributed by atoms with E-state index in [4.69, 9.17) is 9.97 Å². The largest absolute Gasteiger partial charge is 0.370 e. The summed E-state index contributed by atoms with van der Waals surface area (Å²) in [7, 11) is 0. The van der Waals surface area contributed by atoms with Gasteiger partial charge in [-0.3, -0.25) is 4.98 Å². The summed E-state index contributed by atoms with van der Waals surface area (Å²) in [5.41, 5.74) is 3.14. The lowest BCUT2D eigenvalue weighted by molar-refractivity contribution is 0.953. The molecule has 0 atom stereocenters. The van der Waals surface area contributed by atoms with Crippen molar-refractivity contribution in [2.45, 2.75) is 24.9 Å². The van der Waals surface area contributed by atoms with E-state index in [1.807, 2.05) is 17.8 Å². The van der Waals surface area contributed by atoms with E-state index >= 15 is 0 Å². The smallest absolute Gasteiger partial charge is 0.181 e. The Balaban J connectivity index is 2.06. The number of nitrogens with zero attached hydrogens (tertiary/aromatic N) is 3. The summed E-state index contributed by atoms with van der Waals surface area (Å²) in [6, 6.07) is 1.97. The van der Waals surface area contributed by atoms with Crippen molar-refractivity contribution < 1.29 is 0 Å². The van der Waals surface area contributed by atoms with Crippen LogP contribution in [0.4, 0.5) is 5.82 Å². The minimum Gasteiger partial charge on any atom is -0.370 e. The number of anilines is 1. The predicted molar refractivity (Wildman–Crippen MR) is 94.4 cm³/mol. The molecule has 110 valence electrons. The topological polar surface area (TPSA) is 50.7 Å². The van der Waals surface area contributed by atoms with Gasteiger partial charge in [-0.2, -0.15) is 11.8 Å². The number of nitrogens with one attached hydrogen (secondary N) is 1. The SMILES string of the molecule is CCCNc1nc(-c2ncc(Br)cc2Br)nc2c1CSC2. The standard InChI is InChI=1S/C14H14Br2N4S/c1-2-3-17-13-9-6-21-7-11(9)19-14(20-13)12-10(16)4-8(15)5-18-12/h4-5H,2-3,6-7H2,1H3,(H,17,19,20). The number of hydrogen-bond acceptors (Lipinski definition) is 5. The Bertz CT molecular complexity index is 678. The first-order chi connectivity index (χ1) is 10.2. The number of halogens is 2. The van der Waals surface area contributed by atoms with Gasteiger partial charge >= 0.3 is 0 Å². The van der Waals surface area contributed by atoms with Gasteiger partial charge in [0, 0.05) is 38.8 Å². The van der Waals surface area contributed by atoms with Gasteiger partial charge in [-0.25, -0.2) is 9.97 Å². The quantitative estimate of drug-likeness (QED) is 0.767. The van der Waals surface area contributed by atoms with Crippen LogP contribution in [0.3, 0.4) is 0 Å². The molecule has 7 heteroatoms. The minimum absolute atomic E-state index is 0.675. The Morgan fingerprint density at radius 1 is 1.29 bits per heavy atom. The minimum atomic E-state index is 0.675. The molecule has 4 nitrogen and oxygen atoms in total. The van der Waals surface area contributed by atoms with Crippen molar-refractivity contribution in [1.29, 1.82) is 0 Å². The van der Waals surface area contributed by atoms with Crippen LogP contribution in [-0.4, -0.2) is 21.5 Å². The highest BCUT2D eigenvalue weighted by atomic mass is 79.9. The van der Waals surface area contributed by atoms with Crippen LogP contribution in [0, 0.1) is 0 Å². The van der Waals surface area contributed by atoms with Gasteiger partial charge in [0.15, 0.2) is 5.82 Å². The molecule has 0 aromatic carbocycles. The zero-order chi connectivity index (χ0) is 14.8. The number of fused-ring (bicyclic) bond motifs is 1. The van der Waals surface area contributed by atoms with E-state index in [0.717, 1.165) is 50.6 Å². The summed E-state index contributed by atoms with van der Waals surface area (Å²) in [5, 5.41) is 3.42. The normalized spacial score (nSPS) is 13.3. The number of hydrogen-bond donors (Lipinski definition) is 1. The van der Waals surface area contributed by atoms with Crippen molar-refractivity contribution in [3.63, 3.8) is 0 Å². The predicted octanol–water partition coefficient (Wildman–Crippen LogP) is 4.63. The zero-order valence-corrected chi connectivity index (χ0v) is 15.5. The fraction of sp³-hybridized carbons (Fsp3) is 0.357. The summed E-state index contributed by atoms with van der Waals surface area (Å²) in [6.07, 6.45) is 2.84. The van der Waals surface area contributed by atoms with Gasteiger partial charge in [-0.15, -0.1) is 0 Å². The van der Waals surface area contributed by atoms with Gasteiger partial charge < -0.3 is 5.32 Å². The monoisotopic (exact) mass is 428 g/mol. The van der Waals surface area contributed by atoms with Crippen LogP contribution < -0.4 is 5.32 Å². The van der Waals surface area contributed by atoms with E-state index in [1.54, 1.807) is 6.20 Å². The molecule has 0 aliphatic carbocycles. The molecule has 0 radical (unpaired) electrons. The molecule has 0 fully saturated rings. The zero-order valence-electron chi connectivity index (χ0n) is 11.5. The molecule has 1 aliphatic heterocycles. The first-order valence-corrected chi connectivity index (χ1v) is 9.46. The number of aromatic nitrogens is 3. The van der Waals surface area contributed by atoms with Crippen LogP contribution in [0.1, 0.15) is 24.6 Å². The molecule has 21 heavy (non-hydrogen) atoms. The third-order valence-corrected chi connectivity index (χ3v) is 5.15. The highest BCUT2D eigenvalue weighted by Gasteiger charge is 2.21. The Kier molecular flexibility index (Phi) is 4.81. The van der Waals surface area contributed by atoms with Crippen LogP contribution in [-0.2, 0) is 11.5 Å². The molecular weight excluding hydrogens is 416 g/mol. The Hall–Kier alpha value is -0.660. The van der Waals surface area contributed by atoms with Crippen LogP contribution in [0.5, 0.6) is 0 Å². The highest BCUT2D eigenvalue weighted by Crippen LogP contribution is 2.35. The maximum atomic E-state index is 4.70. The van der Waals surface area contributed by atoms with Gasteiger partial charge in [0.05, 0.1) is 5.69 Å².